The summed E-state index contributed by atoms with van der Waals surface area (Å²) in [4.78, 5) is 12.1. The van der Waals surface area contributed by atoms with E-state index in [9.17, 15) is 4.79 Å². The standard InChI is InChI=1S/C22H29NO2/c1-17(25-20-14-12-19(13-15-20)22(2,3)4)21(24)23-16-8-11-18-9-6-5-7-10-18/h5-7,9-10,12-15,17H,8,11,16H2,1-4H3,(H,23,24)/t17-/m1/s1. The molecule has 2 aromatic rings. The van der Waals surface area contributed by atoms with Gasteiger partial charge in [0.25, 0.3) is 5.91 Å². The summed E-state index contributed by atoms with van der Waals surface area (Å²) in [5.41, 5.74) is 2.65. The minimum atomic E-state index is -0.503. The zero-order valence-corrected chi connectivity index (χ0v) is 15.7. The lowest BCUT2D eigenvalue weighted by molar-refractivity contribution is -0.127. The van der Waals surface area contributed by atoms with Crippen LogP contribution in [0.3, 0.4) is 0 Å². The molecule has 0 radical (unpaired) electrons. The Morgan fingerprint density at radius 2 is 1.68 bits per heavy atom. The van der Waals surface area contributed by atoms with E-state index in [1.807, 2.05) is 30.3 Å². The molecule has 0 saturated carbocycles. The molecule has 0 bridgehead atoms. The summed E-state index contributed by atoms with van der Waals surface area (Å²) in [6, 6.07) is 18.3. The van der Waals surface area contributed by atoms with Gasteiger partial charge in [-0.05, 0) is 48.4 Å². The van der Waals surface area contributed by atoms with Crippen molar-refractivity contribution in [2.45, 2.75) is 52.1 Å². The number of benzene rings is 2. The van der Waals surface area contributed by atoms with Crippen LogP contribution in [0, 0.1) is 0 Å². The van der Waals surface area contributed by atoms with Gasteiger partial charge < -0.3 is 10.1 Å². The SMILES string of the molecule is C[C@@H](Oc1ccc(C(C)(C)C)cc1)C(=O)NCCCc1ccccc1. The number of amides is 1. The van der Waals surface area contributed by atoms with E-state index in [0.717, 1.165) is 18.6 Å². The van der Waals surface area contributed by atoms with Crippen LogP contribution in [0.4, 0.5) is 0 Å². The lowest BCUT2D eigenvalue weighted by atomic mass is 9.87. The second-order valence-electron chi connectivity index (χ2n) is 7.41. The number of nitrogens with one attached hydrogen (secondary N) is 1. The van der Waals surface area contributed by atoms with Crippen molar-refractivity contribution in [3.05, 3.63) is 65.7 Å². The van der Waals surface area contributed by atoms with Gasteiger partial charge in [-0.15, -0.1) is 0 Å². The Morgan fingerprint density at radius 1 is 1.04 bits per heavy atom. The number of hydrogen-bond donors (Lipinski definition) is 1. The monoisotopic (exact) mass is 339 g/mol. The highest BCUT2D eigenvalue weighted by molar-refractivity contribution is 5.80. The molecule has 0 aromatic heterocycles. The van der Waals surface area contributed by atoms with Gasteiger partial charge in [0, 0.05) is 6.54 Å². The minimum absolute atomic E-state index is 0.0760. The van der Waals surface area contributed by atoms with Crippen molar-refractivity contribution in [1.82, 2.24) is 5.32 Å². The smallest absolute Gasteiger partial charge is 0.260 e. The normalized spacial score (nSPS) is 12.5. The van der Waals surface area contributed by atoms with Gasteiger partial charge in [0.05, 0.1) is 0 Å². The molecular formula is C22H29NO2. The predicted octanol–water partition coefficient (Wildman–Crippen LogP) is 4.50. The molecule has 1 atom stereocenters. The van der Waals surface area contributed by atoms with E-state index in [4.69, 9.17) is 4.74 Å². The highest BCUT2D eigenvalue weighted by Crippen LogP contribution is 2.24. The third kappa shape index (κ3) is 6.26. The summed E-state index contributed by atoms with van der Waals surface area (Å²) in [7, 11) is 0. The average Bonchev–Trinajstić information content (AvgIpc) is 2.59. The van der Waals surface area contributed by atoms with Gasteiger partial charge in [0.1, 0.15) is 5.75 Å². The third-order valence-electron chi connectivity index (χ3n) is 4.19. The molecule has 0 aliphatic carbocycles. The molecule has 1 N–H and O–H groups in total. The van der Waals surface area contributed by atoms with Crippen LogP contribution in [0.1, 0.15) is 45.2 Å². The first-order chi connectivity index (χ1) is 11.9. The molecule has 0 fully saturated rings. The highest BCUT2D eigenvalue weighted by atomic mass is 16.5. The molecule has 25 heavy (non-hydrogen) atoms. The van der Waals surface area contributed by atoms with E-state index < -0.39 is 6.10 Å². The number of carbonyl (C=O) groups excluding carboxylic acids is 1. The van der Waals surface area contributed by atoms with Gasteiger partial charge in [0.2, 0.25) is 0 Å². The Morgan fingerprint density at radius 3 is 2.28 bits per heavy atom. The molecule has 2 rings (SSSR count). The van der Waals surface area contributed by atoms with Crippen LogP contribution in [0.15, 0.2) is 54.6 Å². The molecule has 2 aromatic carbocycles. The fraction of sp³-hybridized carbons (Fsp3) is 0.409. The van der Waals surface area contributed by atoms with Gasteiger partial charge in [-0.25, -0.2) is 0 Å². The topological polar surface area (TPSA) is 38.3 Å². The van der Waals surface area contributed by atoms with Crippen LogP contribution in [0.5, 0.6) is 5.75 Å². The van der Waals surface area contributed by atoms with Crippen molar-refractivity contribution in [3.8, 4) is 5.75 Å². The van der Waals surface area contributed by atoms with Crippen molar-refractivity contribution in [2.75, 3.05) is 6.54 Å². The molecule has 1 amide bonds. The average molecular weight is 339 g/mol. The molecular weight excluding hydrogens is 310 g/mol. The summed E-state index contributed by atoms with van der Waals surface area (Å²) in [5.74, 6) is 0.646. The third-order valence-corrected chi connectivity index (χ3v) is 4.19. The van der Waals surface area contributed by atoms with Crippen LogP contribution in [-0.4, -0.2) is 18.6 Å². The summed E-state index contributed by atoms with van der Waals surface area (Å²) in [6.45, 7) is 8.96. The molecule has 134 valence electrons. The van der Waals surface area contributed by atoms with Crippen molar-refractivity contribution in [2.24, 2.45) is 0 Å². The summed E-state index contributed by atoms with van der Waals surface area (Å²) < 4.78 is 5.75. The first kappa shape index (κ1) is 19.0. The predicted molar refractivity (Wildman–Crippen MR) is 103 cm³/mol. The zero-order valence-electron chi connectivity index (χ0n) is 15.7. The number of carbonyl (C=O) groups is 1. The second kappa shape index (κ2) is 8.70. The maximum atomic E-state index is 12.1. The first-order valence-corrected chi connectivity index (χ1v) is 8.95. The minimum Gasteiger partial charge on any atom is -0.481 e. The van der Waals surface area contributed by atoms with E-state index in [-0.39, 0.29) is 11.3 Å². The Labute approximate surface area is 151 Å². The molecule has 0 saturated heterocycles. The zero-order chi connectivity index (χ0) is 18.3. The Kier molecular flexibility index (Phi) is 6.63. The Hall–Kier alpha value is -2.29. The van der Waals surface area contributed by atoms with E-state index in [1.54, 1.807) is 6.92 Å². The van der Waals surface area contributed by atoms with Crippen molar-refractivity contribution in [3.63, 3.8) is 0 Å². The molecule has 3 heteroatoms. The summed E-state index contributed by atoms with van der Waals surface area (Å²) >= 11 is 0. The maximum Gasteiger partial charge on any atom is 0.260 e. The first-order valence-electron chi connectivity index (χ1n) is 8.95. The Bertz CT molecular complexity index is 657. The molecule has 0 spiro atoms. The molecule has 0 unspecified atom stereocenters. The Balaban J connectivity index is 1.74. The van der Waals surface area contributed by atoms with E-state index in [1.165, 1.54) is 11.1 Å². The lowest BCUT2D eigenvalue weighted by Crippen LogP contribution is -2.36. The highest BCUT2D eigenvalue weighted by Gasteiger charge is 2.16. The van der Waals surface area contributed by atoms with Crippen LogP contribution < -0.4 is 10.1 Å². The quantitative estimate of drug-likeness (QED) is 0.754. The molecule has 3 nitrogen and oxygen atoms in total. The van der Waals surface area contributed by atoms with Crippen LogP contribution in [-0.2, 0) is 16.6 Å². The van der Waals surface area contributed by atoms with Crippen molar-refractivity contribution >= 4 is 5.91 Å². The fourth-order valence-electron chi connectivity index (χ4n) is 2.58. The number of ether oxygens (including phenoxy) is 1. The van der Waals surface area contributed by atoms with Crippen molar-refractivity contribution < 1.29 is 9.53 Å². The maximum absolute atomic E-state index is 12.1. The van der Waals surface area contributed by atoms with Gasteiger partial charge in [-0.1, -0.05) is 63.2 Å². The van der Waals surface area contributed by atoms with E-state index in [2.05, 4.69) is 50.4 Å². The van der Waals surface area contributed by atoms with Crippen LogP contribution in [0.25, 0.3) is 0 Å². The molecule has 0 heterocycles. The summed E-state index contributed by atoms with van der Waals surface area (Å²) in [5, 5.41) is 2.94. The van der Waals surface area contributed by atoms with Crippen LogP contribution in [0.2, 0.25) is 0 Å². The molecule has 0 aliphatic heterocycles. The number of aryl methyl sites for hydroxylation is 1. The lowest BCUT2D eigenvalue weighted by Gasteiger charge is -2.20. The fourth-order valence-corrected chi connectivity index (χ4v) is 2.58. The number of hydrogen-bond acceptors (Lipinski definition) is 2. The van der Waals surface area contributed by atoms with E-state index in [0.29, 0.717) is 6.54 Å². The van der Waals surface area contributed by atoms with Gasteiger partial charge in [-0.2, -0.15) is 0 Å². The van der Waals surface area contributed by atoms with Crippen molar-refractivity contribution in [1.29, 1.82) is 0 Å². The second-order valence-corrected chi connectivity index (χ2v) is 7.41. The van der Waals surface area contributed by atoms with Crippen LogP contribution >= 0.6 is 0 Å². The molecule has 0 aliphatic rings. The summed E-state index contributed by atoms with van der Waals surface area (Å²) in [6.07, 6.45) is 1.38. The number of rotatable bonds is 7. The largest absolute Gasteiger partial charge is 0.481 e. The van der Waals surface area contributed by atoms with E-state index >= 15 is 0 Å². The van der Waals surface area contributed by atoms with Gasteiger partial charge in [-0.3, -0.25) is 4.79 Å². The van der Waals surface area contributed by atoms with Gasteiger partial charge in [0.15, 0.2) is 6.10 Å². The van der Waals surface area contributed by atoms with Gasteiger partial charge >= 0.3 is 0 Å².